The van der Waals surface area contributed by atoms with Gasteiger partial charge in [0.15, 0.2) is 0 Å². The highest BCUT2D eigenvalue weighted by Gasteiger charge is 2.19. The molecule has 1 aromatic rings. The van der Waals surface area contributed by atoms with Gasteiger partial charge in [-0.3, -0.25) is 5.41 Å². The molecule has 0 aliphatic heterocycles. The lowest BCUT2D eigenvalue weighted by molar-refractivity contribution is 0.607. The van der Waals surface area contributed by atoms with E-state index in [1.54, 1.807) is 6.07 Å². The molecule has 0 fully saturated rings. The minimum atomic E-state index is -3.87. The first kappa shape index (κ1) is 9.42. The number of hydrogen-bond donors (Lipinski definition) is 1. The molecule has 0 radical (unpaired) electrons. The first-order valence-corrected chi connectivity index (χ1v) is 4.86. The largest absolute Gasteiger partial charge is 0.280 e. The fourth-order valence-corrected chi connectivity index (χ4v) is 1.65. The molecule has 0 aliphatic carbocycles. The second-order valence-electron chi connectivity index (χ2n) is 2.26. The molecule has 0 saturated carbocycles. The lowest BCUT2D eigenvalue weighted by atomic mass is 10.4. The van der Waals surface area contributed by atoms with Gasteiger partial charge in [0, 0.05) is 0 Å². The Morgan fingerprint density at radius 2 is 1.85 bits per heavy atom. The van der Waals surface area contributed by atoms with E-state index < -0.39 is 14.9 Å². The van der Waals surface area contributed by atoms with Crippen molar-refractivity contribution in [3.63, 3.8) is 0 Å². The van der Waals surface area contributed by atoms with Gasteiger partial charge in [0.2, 0.25) is 14.9 Å². The topological polar surface area (TPSA) is 81.8 Å². The van der Waals surface area contributed by atoms with Crippen molar-refractivity contribution in [3.05, 3.63) is 30.3 Å². The maximum atomic E-state index is 11.3. The third-order valence-corrected chi connectivity index (χ3v) is 2.95. The highest BCUT2D eigenvalue weighted by molar-refractivity contribution is 8.06. The number of nitrogens with one attached hydrogen (secondary N) is 1. The summed E-state index contributed by atoms with van der Waals surface area (Å²) in [6.07, 6.45) is 0. The fourth-order valence-electron chi connectivity index (χ4n) is 0.778. The van der Waals surface area contributed by atoms with Gasteiger partial charge in [-0.05, 0) is 12.1 Å². The Kier molecular flexibility index (Phi) is 2.44. The molecule has 5 heteroatoms. The van der Waals surface area contributed by atoms with Crippen molar-refractivity contribution in [1.82, 2.24) is 0 Å². The smallest absolute Gasteiger partial charge is 0.233 e. The van der Waals surface area contributed by atoms with E-state index in [0.29, 0.717) is 0 Å². The van der Waals surface area contributed by atoms with Crippen molar-refractivity contribution < 1.29 is 8.42 Å². The van der Waals surface area contributed by atoms with E-state index in [-0.39, 0.29) is 4.90 Å². The fraction of sp³-hybridized carbons (Fsp3) is 0. The molecule has 1 N–H and O–H groups in total. The average Bonchev–Trinajstić information content (AvgIpc) is 2.18. The minimum Gasteiger partial charge on any atom is -0.280 e. The van der Waals surface area contributed by atoms with Crippen LogP contribution < -0.4 is 0 Å². The highest BCUT2D eigenvalue weighted by Crippen LogP contribution is 2.10. The zero-order chi connectivity index (χ0) is 9.90. The van der Waals surface area contributed by atoms with Crippen LogP contribution in [0.15, 0.2) is 35.2 Å². The molecule has 0 amide bonds. The van der Waals surface area contributed by atoms with Crippen LogP contribution in [0, 0.1) is 16.7 Å². The average molecular weight is 194 g/mol. The third kappa shape index (κ3) is 1.73. The Hall–Kier alpha value is -1.67. The van der Waals surface area contributed by atoms with Crippen LogP contribution in [0.1, 0.15) is 0 Å². The summed E-state index contributed by atoms with van der Waals surface area (Å²) in [5.41, 5.74) is 0. The summed E-state index contributed by atoms with van der Waals surface area (Å²) < 4.78 is 22.6. The maximum Gasteiger partial charge on any atom is 0.233 e. The molecule has 0 heterocycles. The minimum absolute atomic E-state index is 0.0263. The number of rotatable bonds is 1. The molecule has 0 bridgehead atoms. The number of sulfone groups is 1. The molecule has 0 spiro atoms. The van der Waals surface area contributed by atoms with Crippen LogP contribution in [0.4, 0.5) is 0 Å². The number of nitrogens with zero attached hydrogens (tertiary/aromatic N) is 1. The molecule has 0 atom stereocenters. The van der Waals surface area contributed by atoms with Crippen molar-refractivity contribution in [2.45, 2.75) is 4.90 Å². The lowest BCUT2D eigenvalue weighted by Crippen LogP contribution is -2.11. The van der Waals surface area contributed by atoms with Crippen LogP contribution in [-0.2, 0) is 9.84 Å². The molecule has 0 unspecified atom stereocenters. The molecule has 0 aliphatic rings. The zero-order valence-electron chi connectivity index (χ0n) is 6.56. The monoisotopic (exact) mass is 194 g/mol. The van der Waals surface area contributed by atoms with Gasteiger partial charge in [-0.2, -0.15) is 5.26 Å². The van der Waals surface area contributed by atoms with Crippen molar-refractivity contribution >= 4 is 14.9 Å². The quantitative estimate of drug-likeness (QED) is 0.534. The van der Waals surface area contributed by atoms with Crippen molar-refractivity contribution in [2.24, 2.45) is 0 Å². The van der Waals surface area contributed by atoms with Crippen LogP contribution in [0.2, 0.25) is 0 Å². The first-order chi connectivity index (χ1) is 6.09. The molecular formula is C8H6N2O2S. The Labute approximate surface area is 75.9 Å². The molecule has 4 nitrogen and oxygen atoms in total. The van der Waals surface area contributed by atoms with Crippen molar-refractivity contribution in [1.29, 1.82) is 10.7 Å². The molecular weight excluding hydrogens is 188 g/mol. The van der Waals surface area contributed by atoms with E-state index in [2.05, 4.69) is 0 Å². The van der Waals surface area contributed by atoms with E-state index >= 15 is 0 Å². The number of benzene rings is 1. The Bertz CT molecular complexity index is 457. The Morgan fingerprint density at radius 1 is 1.31 bits per heavy atom. The first-order valence-electron chi connectivity index (χ1n) is 3.38. The van der Waals surface area contributed by atoms with Gasteiger partial charge in [0.05, 0.1) is 4.90 Å². The van der Waals surface area contributed by atoms with Crippen molar-refractivity contribution in [2.75, 3.05) is 0 Å². The summed E-state index contributed by atoms with van der Waals surface area (Å²) in [5, 5.41) is 14.3. The summed E-state index contributed by atoms with van der Waals surface area (Å²) >= 11 is 0. The summed E-state index contributed by atoms with van der Waals surface area (Å²) in [7, 11) is -3.87. The Balaban J connectivity index is 3.27. The van der Waals surface area contributed by atoms with Gasteiger partial charge in [-0.25, -0.2) is 8.42 Å². The Morgan fingerprint density at radius 3 is 2.31 bits per heavy atom. The van der Waals surface area contributed by atoms with Crippen LogP contribution in [0.3, 0.4) is 0 Å². The molecule has 1 rings (SSSR count). The molecule has 66 valence electrons. The standard InChI is InChI=1S/C8H6N2O2S/c9-6-8(10)13(11,12)7-4-2-1-3-5-7/h1-5,10H. The predicted octanol–water partition coefficient (Wildman–Crippen LogP) is 0.961. The van der Waals surface area contributed by atoms with Gasteiger partial charge < -0.3 is 0 Å². The van der Waals surface area contributed by atoms with Gasteiger partial charge in [-0.1, -0.05) is 18.2 Å². The van der Waals surface area contributed by atoms with Gasteiger partial charge >= 0.3 is 0 Å². The highest BCUT2D eigenvalue weighted by atomic mass is 32.2. The molecule has 13 heavy (non-hydrogen) atoms. The predicted molar refractivity (Wildman–Crippen MR) is 47.0 cm³/mol. The zero-order valence-corrected chi connectivity index (χ0v) is 7.38. The van der Waals surface area contributed by atoms with E-state index in [4.69, 9.17) is 10.7 Å². The maximum absolute atomic E-state index is 11.3. The van der Waals surface area contributed by atoms with E-state index in [0.717, 1.165) is 0 Å². The lowest BCUT2D eigenvalue weighted by Gasteiger charge is -1.97. The van der Waals surface area contributed by atoms with Gasteiger partial charge in [-0.15, -0.1) is 0 Å². The molecule has 1 aromatic carbocycles. The van der Waals surface area contributed by atoms with Crippen LogP contribution >= 0.6 is 0 Å². The summed E-state index contributed by atoms with van der Waals surface area (Å²) in [4.78, 5) is -0.0263. The van der Waals surface area contributed by atoms with Crippen molar-refractivity contribution in [3.8, 4) is 6.07 Å². The normalized spacial score (nSPS) is 10.4. The second-order valence-corrected chi connectivity index (χ2v) is 4.14. The molecule has 0 saturated heterocycles. The number of hydrogen-bond acceptors (Lipinski definition) is 4. The van der Waals surface area contributed by atoms with Crippen LogP contribution in [0.5, 0.6) is 0 Å². The summed E-state index contributed by atoms with van der Waals surface area (Å²) in [5.74, 6) is 0. The van der Waals surface area contributed by atoms with E-state index in [9.17, 15) is 8.42 Å². The SMILES string of the molecule is N#CC(=N)S(=O)(=O)c1ccccc1. The second kappa shape index (κ2) is 3.37. The van der Waals surface area contributed by atoms with Crippen LogP contribution in [0.25, 0.3) is 0 Å². The van der Waals surface area contributed by atoms with Gasteiger partial charge in [0.25, 0.3) is 0 Å². The van der Waals surface area contributed by atoms with E-state index in [1.807, 2.05) is 0 Å². The summed E-state index contributed by atoms with van der Waals surface area (Å²) in [6, 6.07) is 8.74. The summed E-state index contributed by atoms with van der Waals surface area (Å²) in [6.45, 7) is 0. The number of nitriles is 1. The van der Waals surface area contributed by atoms with E-state index in [1.165, 1.54) is 30.3 Å². The molecule has 0 aromatic heterocycles. The van der Waals surface area contributed by atoms with Crippen LogP contribution in [-0.4, -0.2) is 13.5 Å². The third-order valence-electron chi connectivity index (χ3n) is 1.42. The van der Waals surface area contributed by atoms with Gasteiger partial charge in [0.1, 0.15) is 6.07 Å².